The van der Waals surface area contributed by atoms with Crippen LogP contribution in [0.4, 0.5) is 0 Å². The zero-order chi connectivity index (χ0) is 26.4. The lowest BCUT2D eigenvalue weighted by Gasteiger charge is -2.04. The summed E-state index contributed by atoms with van der Waals surface area (Å²) < 4.78 is 5.53. The molecule has 3 aromatic heterocycles. The van der Waals surface area contributed by atoms with Crippen LogP contribution in [0.2, 0.25) is 5.02 Å². The maximum Gasteiger partial charge on any atom is 0.209 e. The van der Waals surface area contributed by atoms with Gasteiger partial charge in [0.15, 0.2) is 5.82 Å². The SMILES string of the molecule is Clc1ccc(-c2nc(SCc3cn(Cc4ccccc4)nn3)nn2Cc2cn(Cc3ccccc3)nn2)cc1. The molecule has 0 N–H and O–H groups in total. The van der Waals surface area contributed by atoms with Crippen molar-refractivity contribution in [1.29, 1.82) is 0 Å². The Morgan fingerprint density at radius 1 is 0.667 bits per heavy atom. The van der Waals surface area contributed by atoms with Crippen molar-refractivity contribution in [3.8, 4) is 11.4 Å². The molecule has 3 aromatic carbocycles. The second-order valence-corrected chi connectivity index (χ2v) is 10.3. The van der Waals surface area contributed by atoms with Crippen molar-refractivity contribution < 1.29 is 0 Å². The molecule has 6 rings (SSSR count). The maximum atomic E-state index is 6.13. The van der Waals surface area contributed by atoms with Gasteiger partial charge in [-0.05, 0) is 35.4 Å². The summed E-state index contributed by atoms with van der Waals surface area (Å²) in [5, 5.41) is 23.4. The lowest BCUT2D eigenvalue weighted by Crippen LogP contribution is -2.05. The van der Waals surface area contributed by atoms with E-state index in [-0.39, 0.29) is 0 Å². The van der Waals surface area contributed by atoms with E-state index in [9.17, 15) is 0 Å². The molecule has 0 unspecified atom stereocenters. The predicted octanol–water partition coefficient (Wildman–Crippen LogP) is 5.22. The first-order chi connectivity index (χ1) is 19.2. The van der Waals surface area contributed by atoms with Crippen LogP contribution < -0.4 is 0 Å². The second kappa shape index (κ2) is 11.6. The summed E-state index contributed by atoms with van der Waals surface area (Å²) in [7, 11) is 0. The molecule has 3 heterocycles. The fourth-order valence-corrected chi connectivity index (χ4v) is 4.95. The third-order valence-corrected chi connectivity index (χ3v) is 7.09. The summed E-state index contributed by atoms with van der Waals surface area (Å²) >= 11 is 7.65. The molecule has 0 radical (unpaired) electrons. The Morgan fingerprint density at radius 2 is 1.26 bits per heavy atom. The van der Waals surface area contributed by atoms with Gasteiger partial charge in [-0.3, -0.25) is 0 Å². The summed E-state index contributed by atoms with van der Waals surface area (Å²) in [4.78, 5) is 4.83. The lowest BCUT2D eigenvalue weighted by atomic mass is 10.2. The number of thioether (sulfide) groups is 1. The summed E-state index contributed by atoms with van der Waals surface area (Å²) in [6, 6.07) is 28.0. The van der Waals surface area contributed by atoms with Crippen LogP contribution in [0.1, 0.15) is 22.5 Å². The zero-order valence-electron chi connectivity index (χ0n) is 20.9. The Hall–Kier alpha value is -4.28. The van der Waals surface area contributed by atoms with E-state index in [4.69, 9.17) is 21.7 Å². The molecule has 0 aliphatic carbocycles. The molecule has 0 atom stereocenters. The Balaban J connectivity index is 1.18. The van der Waals surface area contributed by atoms with Crippen LogP contribution in [0.5, 0.6) is 0 Å². The molecule has 0 fully saturated rings. The van der Waals surface area contributed by atoms with Crippen molar-refractivity contribution >= 4 is 23.4 Å². The molecule has 0 saturated carbocycles. The summed E-state index contributed by atoms with van der Waals surface area (Å²) in [5.74, 6) is 1.34. The van der Waals surface area contributed by atoms with E-state index >= 15 is 0 Å². The van der Waals surface area contributed by atoms with Crippen LogP contribution in [-0.2, 0) is 25.4 Å². The molecule has 11 heteroatoms. The first kappa shape index (κ1) is 25.0. The van der Waals surface area contributed by atoms with Crippen LogP contribution in [0, 0.1) is 0 Å². The molecule has 194 valence electrons. The van der Waals surface area contributed by atoms with E-state index in [1.165, 1.54) is 17.3 Å². The largest absolute Gasteiger partial charge is 0.248 e. The number of benzene rings is 3. The smallest absolute Gasteiger partial charge is 0.209 e. The first-order valence-electron chi connectivity index (χ1n) is 12.4. The van der Waals surface area contributed by atoms with Gasteiger partial charge in [0.1, 0.15) is 5.69 Å². The number of nitrogens with zero attached hydrogens (tertiary/aromatic N) is 9. The van der Waals surface area contributed by atoms with Gasteiger partial charge in [0.05, 0.1) is 31.5 Å². The van der Waals surface area contributed by atoms with Gasteiger partial charge in [0.2, 0.25) is 5.16 Å². The third kappa shape index (κ3) is 6.42. The molecule has 0 aliphatic rings. The fraction of sp³-hybridized carbons (Fsp3) is 0.143. The number of rotatable bonds is 10. The number of hydrogen-bond donors (Lipinski definition) is 0. The number of hydrogen-bond acceptors (Lipinski definition) is 7. The highest BCUT2D eigenvalue weighted by molar-refractivity contribution is 7.98. The summed E-state index contributed by atoms with van der Waals surface area (Å²) in [6.45, 7) is 1.77. The van der Waals surface area contributed by atoms with Crippen LogP contribution in [0.25, 0.3) is 11.4 Å². The van der Waals surface area contributed by atoms with Gasteiger partial charge in [-0.1, -0.05) is 94.5 Å². The molecule has 0 bridgehead atoms. The zero-order valence-corrected chi connectivity index (χ0v) is 22.4. The normalized spacial score (nSPS) is 11.2. The Kier molecular flexibility index (Phi) is 7.46. The van der Waals surface area contributed by atoms with E-state index in [0.29, 0.717) is 35.6 Å². The van der Waals surface area contributed by atoms with Crippen LogP contribution >= 0.6 is 23.4 Å². The summed E-state index contributed by atoms with van der Waals surface area (Å²) in [6.07, 6.45) is 3.90. The molecule has 0 saturated heterocycles. The molecule has 9 nitrogen and oxygen atoms in total. The predicted molar refractivity (Wildman–Crippen MR) is 150 cm³/mol. The van der Waals surface area contributed by atoms with Crippen molar-refractivity contribution in [2.75, 3.05) is 0 Å². The van der Waals surface area contributed by atoms with E-state index in [1.54, 1.807) is 0 Å². The molecule has 39 heavy (non-hydrogen) atoms. The number of aromatic nitrogens is 9. The highest BCUT2D eigenvalue weighted by Gasteiger charge is 2.15. The third-order valence-electron chi connectivity index (χ3n) is 5.96. The minimum Gasteiger partial charge on any atom is -0.248 e. The van der Waals surface area contributed by atoms with Gasteiger partial charge in [-0.15, -0.1) is 15.3 Å². The van der Waals surface area contributed by atoms with Gasteiger partial charge in [-0.25, -0.2) is 19.0 Å². The van der Waals surface area contributed by atoms with Crippen LogP contribution in [-0.4, -0.2) is 44.8 Å². The molecule has 0 amide bonds. The number of halogens is 1. The Labute approximate surface area is 234 Å². The average Bonchev–Trinajstić information content (AvgIpc) is 3.70. The Bertz CT molecular complexity index is 1640. The van der Waals surface area contributed by atoms with Gasteiger partial charge >= 0.3 is 0 Å². The van der Waals surface area contributed by atoms with E-state index in [2.05, 4.69) is 44.9 Å². The lowest BCUT2D eigenvalue weighted by molar-refractivity contribution is 0.643. The van der Waals surface area contributed by atoms with E-state index in [0.717, 1.165) is 28.3 Å². The molecule has 0 spiro atoms. The van der Waals surface area contributed by atoms with Crippen molar-refractivity contribution in [2.45, 2.75) is 30.5 Å². The molecule has 0 aliphatic heterocycles. The second-order valence-electron chi connectivity index (χ2n) is 8.96. The minimum absolute atomic E-state index is 0.438. The molecular weight excluding hydrogens is 530 g/mol. The van der Waals surface area contributed by atoms with Gasteiger partial charge in [0, 0.05) is 22.5 Å². The van der Waals surface area contributed by atoms with Gasteiger partial charge in [0.25, 0.3) is 0 Å². The van der Waals surface area contributed by atoms with Crippen molar-refractivity contribution in [1.82, 2.24) is 44.8 Å². The minimum atomic E-state index is 0.438. The summed E-state index contributed by atoms with van der Waals surface area (Å²) in [5.41, 5.74) is 4.92. The van der Waals surface area contributed by atoms with Crippen molar-refractivity contribution in [3.63, 3.8) is 0 Å². The molecular formula is C28H24ClN9S. The topological polar surface area (TPSA) is 92.1 Å². The quantitative estimate of drug-likeness (QED) is 0.215. The standard InChI is InChI=1S/C28H24ClN9S/c29-24-13-11-23(12-14-24)27-30-28(39-20-26-18-37(35-32-26)16-22-9-5-2-6-10-22)33-38(27)19-25-17-36(34-31-25)15-21-7-3-1-4-8-21/h1-14,17-18H,15-16,19-20H2. The fourth-order valence-electron chi connectivity index (χ4n) is 4.11. The van der Waals surface area contributed by atoms with Gasteiger partial charge < -0.3 is 0 Å². The molecule has 6 aromatic rings. The average molecular weight is 554 g/mol. The first-order valence-corrected chi connectivity index (χ1v) is 13.7. The van der Waals surface area contributed by atoms with E-state index in [1.807, 2.05) is 87.1 Å². The monoisotopic (exact) mass is 553 g/mol. The van der Waals surface area contributed by atoms with Crippen molar-refractivity contribution in [2.24, 2.45) is 0 Å². The van der Waals surface area contributed by atoms with E-state index < -0.39 is 0 Å². The van der Waals surface area contributed by atoms with Crippen molar-refractivity contribution in [3.05, 3.63) is 125 Å². The highest BCUT2D eigenvalue weighted by Crippen LogP contribution is 2.25. The highest BCUT2D eigenvalue weighted by atomic mass is 35.5. The Morgan fingerprint density at radius 3 is 1.90 bits per heavy atom. The maximum absolute atomic E-state index is 6.13. The van der Waals surface area contributed by atoms with Crippen LogP contribution in [0.3, 0.4) is 0 Å². The van der Waals surface area contributed by atoms with Crippen LogP contribution in [0.15, 0.2) is 102 Å². The van der Waals surface area contributed by atoms with Gasteiger partial charge in [-0.2, -0.15) is 0 Å².